The Hall–Kier alpha value is -3.72. The molecule has 1 N–H and O–H groups in total. The molecule has 2 aliphatic heterocycles. The quantitative estimate of drug-likeness (QED) is 0.596. The molecular formula is C23H20ClN5O4. The topological polar surface area (TPSA) is 106 Å². The van der Waals surface area contributed by atoms with E-state index in [1.165, 1.54) is 16.8 Å². The number of carbonyl (C=O) groups excluding carboxylic acids is 3. The number of fused-ring (bicyclic) bond motifs is 2. The zero-order chi connectivity index (χ0) is 23.1. The van der Waals surface area contributed by atoms with Crippen molar-refractivity contribution in [3.05, 3.63) is 74.9 Å². The third-order valence-corrected chi connectivity index (χ3v) is 6.14. The number of amides is 3. The van der Waals surface area contributed by atoms with Crippen LogP contribution in [0.5, 0.6) is 0 Å². The summed E-state index contributed by atoms with van der Waals surface area (Å²) < 4.78 is 2.80. The van der Waals surface area contributed by atoms with E-state index in [0.29, 0.717) is 29.2 Å². The molecule has 2 aromatic carbocycles. The van der Waals surface area contributed by atoms with Crippen LogP contribution in [-0.2, 0) is 24.3 Å². The van der Waals surface area contributed by atoms with Crippen molar-refractivity contribution in [2.45, 2.75) is 38.8 Å². The van der Waals surface area contributed by atoms with Gasteiger partial charge in [-0.2, -0.15) is 5.10 Å². The molecule has 0 bridgehead atoms. The van der Waals surface area contributed by atoms with E-state index in [-0.39, 0.29) is 22.9 Å². The van der Waals surface area contributed by atoms with Gasteiger partial charge in [0, 0.05) is 18.7 Å². The summed E-state index contributed by atoms with van der Waals surface area (Å²) in [5, 5.41) is 7.13. The first-order valence-corrected chi connectivity index (χ1v) is 11.1. The largest absolute Gasteiger partial charge is 0.346 e. The van der Waals surface area contributed by atoms with E-state index in [0.717, 1.165) is 30.6 Å². The Balaban J connectivity index is 1.32. The molecule has 3 heterocycles. The first kappa shape index (κ1) is 21.1. The SMILES string of the molecule is O=C(Cn1nc2n(c1=O)CCCCC2)Nc1ccc(N2C(=O)c3ccccc3C2=O)c(Cl)c1. The summed E-state index contributed by atoms with van der Waals surface area (Å²) in [5.74, 6) is -0.630. The Morgan fingerprint density at radius 2 is 1.73 bits per heavy atom. The highest BCUT2D eigenvalue weighted by atomic mass is 35.5. The molecule has 5 rings (SSSR count). The second-order valence-electron chi connectivity index (χ2n) is 8.02. The third kappa shape index (κ3) is 3.74. The van der Waals surface area contributed by atoms with E-state index in [1.807, 2.05) is 0 Å². The zero-order valence-corrected chi connectivity index (χ0v) is 18.3. The minimum Gasteiger partial charge on any atom is -0.324 e. The molecule has 0 fully saturated rings. The number of hydrogen-bond acceptors (Lipinski definition) is 5. The number of rotatable bonds is 4. The number of aryl methyl sites for hydroxylation is 1. The smallest absolute Gasteiger partial charge is 0.324 e. The van der Waals surface area contributed by atoms with E-state index in [4.69, 9.17) is 11.6 Å². The molecule has 3 aromatic rings. The number of carbonyl (C=O) groups is 3. The summed E-state index contributed by atoms with van der Waals surface area (Å²) >= 11 is 6.37. The summed E-state index contributed by atoms with van der Waals surface area (Å²) in [7, 11) is 0. The maximum Gasteiger partial charge on any atom is 0.346 e. The van der Waals surface area contributed by atoms with Crippen LogP contribution in [0, 0.1) is 0 Å². The average Bonchev–Trinajstić information content (AvgIpc) is 3.09. The summed E-state index contributed by atoms with van der Waals surface area (Å²) in [4.78, 5) is 51.5. The van der Waals surface area contributed by atoms with Crippen molar-refractivity contribution in [1.29, 1.82) is 0 Å². The van der Waals surface area contributed by atoms with Gasteiger partial charge in [-0.15, -0.1) is 0 Å². The van der Waals surface area contributed by atoms with Crippen molar-refractivity contribution in [2.75, 3.05) is 10.2 Å². The Morgan fingerprint density at radius 1 is 1.00 bits per heavy atom. The molecule has 168 valence electrons. The van der Waals surface area contributed by atoms with E-state index >= 15 is 0 Å². The molecule has 0 atom stereocenters. The van der Waals surface area contributed by atoms with E-state index in [9.17, 15) is 19.2 Å². The van der Waals surface area contributed by atoms with E-state index < -0.39 is 17.7 Å². The zero-order valence-electron chi connectivity index (χ0n) is 17.6. The van der Waals surface area contributed by atoms with Gasteiger partial charge in [-0.1, -0.05) is 30.2 Å². The highest BCUT2D eigenvalue weighted by Crippen LogP contribution is 2.34. The van der Waals surface area contributed by atoms with Gasteiger partial charge in [-0.3, -0.25) is 19.0 Å². The molecular weight excluding hydrogens is 446 g/mol. The van der Waals surface area contributed by atoms with Crippen LogP contribution in [0.2, 0.25) is 5.02 Å². The van der Waals surface area contributed by atoms with Crippen LogP contribution in [0.25, 0.3) is 0 Å². The van der Waals surface area contributed by atoms with Crippen molar-refractivity contribution >= 4 is 40.7 Å². The van der Waals surface area contributed by atoms with Gasteiger partial charge in [-0.25, -0.2) is 14.4 Å². The number of benzene rings is 2. The molecule has 0 spiro atoms. The second-order valence-corrected chi connectivity index (χ2v) is 8.43. The highest BCUT2D eigenvalue weighted by Gasteiger charge is 2.37. The average molecular weight is 466 g/mol. The lowest BCUT2D eigenvalue weighted by Gasteiger charge is -2.16. The molecule has 33 heavy (non-hydrogen) atoms. The normalized spacial score (nSPS) is 15.2. The minimum atomic E-state index is -0.451. The van der Waals surface area contributed by atoms with Crippen LogP contribution < -0.4 is 15.9 Å². The molecule has 0 saturated heterocycles. The fourth-order valence-corrected chi connectivity index (χ4v) is 4.50. The molecule has 0 radical (unpaired) electrons. The second kappa shape index (κ2) is 8.32. The van der Waals surface area contributed by atoms with Crippen molar-refractivity contribution in [3.8, 4) is 0 Å². The number of imide groups is 1. The molecule has 0 saturated carbocycles. The summed E-state index contributed by atoms with van der Waals surface area (Å²) in [6.45, 7) is 0.390. The predicted molar refractivity (Wildman–Crippen MR) is 122 cm³/mol. The Bertz CT molecular complexity index is 1320. The van der Waals surface area contributed by atoms with Gasteiger partial charge in [0.2, 0.25) is 5.91 Å². The van der Waals surface area contributed by atoms with E-state index in [2.05, 4.69) is 10.4 Å². The number of nitrogens with zero attached hydrogens (tertiary/aromatic N) is 4. The molecule has 9 nitrogen and oxygen atoms in total. The van der Waals surface area contributed by atoms with Crippen LogP contribution in [0.4, 0.5) is 11.4 Å². The van der Waals surface area contributed by atoms with Crippen LogP contribution in [0.15, 0.2) is 47.3 Å². The van der Waals surface area contributed by atoms with Crippen molar-refractivity contribution < 1.29 is 14.4 Å². The summed E-state index contributed by atoms with van der Waals surface area (Å²) in [5.41, 5.74) is 0.954. The van der Waals surface area contributed by atoms with Gasteiger partial charge in [0.1, 0.15) is 12.4 Å². The van der Waals surface area contributed by atoms with Gasteiger partial charge < -0.3 is 5.32 Å². The van der Waals surface area contributed by atoms with Gasteiger partial charge >= 0.3 is 5.69 Å². The van der Waals surface area contributed by atoms with Crippen molar-refractivity contribution in [3.63, 3.8) is 0 Å². The first-order chi connectivity index (χ1) is 15.9. The molecule has 10 heteroatoms. The third-order valence-electron chi connectivity index (χ3n) is 5.84. The van der Waals surface area contributed by atoms with Crippen LogP contribution >= 0.6 is 11.6 Å². The molecule has 0 unspecified atom stereocenters. The lowest BCUT2D eigenvalue weighted by molar-refractivity contribution is -0.117. The molecule has 1 aromatic heterocycles. The molecule has 0 aliphatic carbocycles. The maximum absolute atomic E-state index is 12.7. The molecule has 2 aliphatic rings. The number of anilines is 2. The highest BCUT2D eigenvalue weighted by molar-refractivity contribution is 6.40. The van der Waals surface area contributed by atoms with E-state index in [1.54, 1.807) is 34.9 Å². The lowest BCUT2D eigenvalue weighted by Crippen LogP contribution is -2.30. The fraction of sp³-hybridized carbons (Fsp3) is 0.261. The van der Waals surface area contributed by atoms with Crippen molar-refractivity contribution in [2.24, 2.45) is 0 Å². The number of halogens is 1. The lowest BCUT2D eigenvalue weighted by atomic mass is 10.1. The number of aromatic nitrogens is 3. The van der Waals surface area contributed by atoms with Gasteiger partial charge in [0.15, 0.2) is 0 Å². The Kier molecular flexibility index (Phi) is 5.33. The van der Waals surface area contributed by atoms with Crippen LogP contribution in [0.1, 0.15) is 45.8 Å². The van der Waals surface area contributed by atoms with Gasteiger partial charge in [0.25, 0.3) is 11.8 Å². The Labute approximate surface area is 193 Å². The minimum absolute atomic E-state index is 0.133. The monoisotopic (exact) mass is 465 g/mol. The predicted octanol–water partition coefficient (Wildman–Crippen LogP) is 2.86. The number of hydrogen-bond donors (Lipinski definition) is 1. The van der Waals surface area contributed by atoms with Crippen LogP contribution in [0.3, 0.4) is 0 Å². The number of nitrogens with one attached hydrogen (secondary N) is 1. The summed E-state index contributed by atoms with van der Waals surface area (Å²) in [6.07, 6.45) is 3.67. The standard InChI is InChI=1S/C23H20ClN5O4/c24-17-12-14(9-10-18(17)29-21(31)15-6-3-4-7-16(15)22(29)32)25-20(30)13-28-23(33)27-11-5-1-2-8-19(27)26-28/h3-4,6-7,9-10,12H,1-2,5,8,11,13H2,(H,25,30). The van der Waals surface area contributed by atoms with Gasteiger partial charge in [-0.05, 0) is 43.2 Å². The molecule has 3 amide bonds. The Morgan fingerprint density at radius 3 is 2.42 bits per heavy atom. The maximum atomic E-state index is 12.7. The fourth-order valence-electron chi connectivity index (χ4n) is 4.24. The van der Waals surface area contributed by atoms with Crippen molar-refractivity contribution in [1.82, 2.24) is 14.3 Å². The van der Waals surface area contributed by atoms with Gasteiger partial charge in [0.05, 0.1) is 21.8 Å². The first-order valence-electron chi connectivity index (χ1n) is 10.7. The summed E-state index contributed by atoms with van der Waals surface area (Å²) in [6, 6.07) is 11.1. The van der Waals surface area contributed by atoms with Crippen LogP contribution in [-0.4, -0.2) is 32.1 Å².